The number of amides is 2. The smallest absolute Gasteiger partial charge is 0.338 e. The Labute approximate surface area is 180 Å². The minimum atomic E-state index is -0.455. The average molecular weight is 430 g/mol. The van der Waals surface area contributed by atoms with Crippen LogP contribution in [0.2, 0.25) is 5.02 Å². The Morgan fingerprint density at radius 1 is 1.03 bits per heavy atom. The van der Waals surface area contributed by atoms with Crippen molar-refractivity contribution in [1.29, 1.82) is 0 Å². The maximum atomic E-state index is 12.8. The number of rotatable bonds is 5. The summed E-state index contributed by atoms with van der Waals surface area (Å²) in [5, 5.41) is 3.36. The topological polar surface area (TPSA) is 79.0 Å². The summed E-state index contributed by atoms with van der Waals surface area (Å²) in [6.07, 6.45) is 0. The van der Waals surface area contributed by atoms with E-state index < -0.39 is 5.97 Å². The van der Waals surface area contributed by atoms with Gasteiger partial charge in [-0.3, -0.25) is 9.59 Å². The summed E-state index contributed by atoms with van der Waals surface area (Å²) in [4.78, 5) is 40.5. The fourth-order valence-electron chi connectivity index (χ4n) is 3.34. The lowest BCUT2D eigenvalue weighted by molar-refractivity contribution is -0.129. The quantitative estimate of drug-likeness (QED) is 0.736. The van der Waals surface area contributed by atoms with Gasteiger partial charge in [0.2, 0.25) is 5.91 Å². The highest BCUT2D eigenvalue weighted by Crippen LogP contribution is 2.29. The predicted molar refractivity (Wildman–Crippen MR) is 116 cm³/mol. The van der Waals surface area contributed by atoms with Crippen LogP contribution in [-0.4, -0.2) is 55.5 Å². The molecule has 30 heavy (non-hydrogen) atoms. The fourth-order valence-corrected chi connectivity index (χ4v) is 3.53. The number of hydrogen-bond donors (Lipinski definition) is 1. The highest BCUT2D eigenvalue weighted by molar-refractivity contribution is 6.31. The molecule has 1 N–H and O–H groups in total. The second-order valence-electron chi connectivity index (χ2n) is 6.91. The molecule has 0 spiro atoms. The Bertz CT molecular complexity index is 955. The molecule has 3 rings (SSSR count). The van der Waals surface area contributed by atoms with Crippen LogP contribution in [0.15, 0.2) is 42.5 Å². The third kappa shape index (κ3) is 5.10. The predicted octanol–water partition coefficient (Wildman–Crippen LogP) is 3.44. The number of carbonyl (C=O) groups excluding carboxylic acids is 3. The van der Waals surface area contributed by atoms with Crippen LogP contribution in [0.1, 0.15) is 34.6 Å². The molecule has 1 saturated heterocycles. The zero-order valence-electron chi connectivity index (χ0n) is 17.0. The molecule has 8 heteroatoms. The molecule has 7 nitrogen and oxygen atoms in total. The summed E-state index contributed by atoms with van der Waals surface area (Å²) in [7, 11) is 0. The molecule has 0 atom stereocenters. The molecule has 1 heterocycles. The molecule has 2 amide bonds. The first-order chi connectivity index (χ1) is 14.4. The lowest BCUT2D eigenvalue weighted by Gasteiger charge is -2.36. The van der Waals surface area contributed by atoms with E-state index in [4.69, 9.17) is 16.3 Å². The second-order valence-corrected chi connectivity index (χ2v) is 7.35. The molecule has 1 aliphatic heterocycles. The normalized spacial score (nSPS) is 13.7. The van der Waals surface area contributed by atoms with Crippen molar-refractivity contribution in [3.8, 4) is 0 Å². The number of carbonyl (C=O) groups is 3. The van der Waals surface area contributed by atoms with Crippen LogP contribution in [-0.2, 0) is 9.53 Å². The van der Waals surface area contributed by atoms with Crippen LogP contribution >= 0.6 is 11.6 Å². The molecular weight excluding hydrogens is 406 g/mol. The molecule has 1 fully saturated rings. The highest BCUT2D eigenvalue weighted by atomic mass is 35.5. The van der Waals surface area contributed by atoms with Gasteiger partial charge in [0.1, 0.15) is 0 Å². The van der Waals surface area contributed by atoms with Crippen LogP contribution in [0.3, 0.4) is 0 Å². The van der Waals surface area contributed by atoms with Crippen molar-refractivity contribution in [3.63, 3.8) is 0 Å². The van der Waals surface area contributed by atoms with Crippen molar-refractivity contribution in [2.45, 2.75) is 13.8 Å². The lowest BCUT2D eigenvalue weighted by atomic mass is 10.1. The van der Waals surface area contributed by atoms with Gasteiger partial charge < -0.3 is 19.9 Å². The van der Waals surface area contributed by atoms with Crippen molar-refractivity contribution in [2.75, 3.05) is 43.0 Å². The van der Waals surface area contributed by atoms with Crippen molar-refractivity contribution < 1.29 is 19.1 Å². The molecule has 0 radical (unpaired) electrons. The van der Waals surface area contributed by atoms with E-state index in [-0.39, 0.29) is 18.4 Å². The monoisotopic (exact) mass is 429 g/mol. The molecule has 0 bridgehead atoms. The first-order valence-electron chi connectivity index (χ1n) is 9.77. The van der Waals surface area contributed by atoms with E-state index in [0.29, 0.717) is 48.0 Å². The first-order valence-corrected chi connectivity index (χ1v) is 10.2. The average Bonchev–Trinajstić information content (AvgIpc) is 2.74. The van der Waals surface area contributed by atoms with Crippen LogP contribution in [0.25, 0.3) is 0 Å². The number of piperazine rings is 1. The third-order valence-electron chi connectivity index (χ3n) is 4.91. The van der Waals surface area contributed by atoms with Gasteiger partial charge in [-0.15, -0.1) is 0 Å². The van der Waals surface area contributed by atoms with E-state index >= 15 is 0 Å². The number of nitrogens with zero attached hydrogens (tertiary/aromatic N) is 2. The molecule has 2 aromatic rings. The van der Waals surface area contributed by atoms with Gasteiger partial charge in [0, 0.05) is 43.7 Å². The van der Waals surface area contributed by atoms with Gasteiger partial charge in [-0.1, -0.05) is 17.7 Å². The van der Waals surface area contributed by atoms with Gasteiger partial charge in [0.15, 0.2) is 0 Å². The number of esters is 1. The summed E-state index contributed by atoms with van der Waals surface area (Å²) >= 11 is 6.00. The number of nitrogens with one attached hydrogen (secondary N) is 1. The largest absolute Gasteiger partial charge is 0.462 e. The molecule has 0 aliphatic carbocycles. The molecular formula is C22H24ClN3O4. The van der Waals surface area contributed by atoms with E-state index in [9.17, 15) is 14.4 Å². The maximum absolute atomic E-state index is 12.8. The fraction of sp³-hybridized carbons (Fsp3) is 0.318. The Balaban J connectivity index is 1.89. The molecule has 1 aliphatic rings. The van der Waals surface area contributed by atoms with Gasteiger partial charge in [-0.2, -0.15) is 0 Å². The molecule has 0 unspecified atom stereocenters. The summed E-state index contributed by atoms with van der Waals surface area (Å²) in [5.41, 5.74) is 2.05. The van der Waals surface area contributed by atoms with Crippen LogP contribution < -0.4 is 10.2 Å². The van der Waals surface area contributed by atoms with Crippen molar-refractivity contribution >= 4 is 40.8 Å². The molecule has 2 aromatic carbocycles. The Morgan fingerprint density at radius 2 is 1.77 bits per heavy atom. The van der Waals surface area contributed by atoms with E-state index in [1.807, 2.05) is 0 Å². The number of benzene rings is 2. The van der Waals surface area contributed by atoms with Crippen LogP contribution in [0, 0.1) is 0 Å². The standard InChI is InChI=1S/C22H24ClN3O4/c1-3-30-22(29)17-7-8-20(26-11-9-25(10-12-26)15(2)27)19(14-17)24-21(28)16-5-4-6-18(23)13-16/h4-8,13-14H,3,9-12H2,1-2H3,(H,24,28). The number of hydrogen-bond acceptors (Lipinski definition) is 5. The van der Waals surface area contributed by atoms with Crippen molar-refractivity contribution in [2.24, 2.45) is 0 Å². The number of halogens is 1. The third-order valence-corrected chi connectivity index (χ3v) is 5.14. The van der Waals surface area contributed by atoms with E-state index in [2.05, 4.69) is 10.2 Å². The Hall–Kier alpha value is -3.06. The Morgan fingerprint density at radius 3 is 2.40 bits per heavy atom. The van der Waals surface area contributed by atoms with Crippen molar-refractivity contribution in [3.05, 3.63) is 58.6 Å². The summed E-state index contributed by atoms with van der Waals surface area (Å²) < 4.78 is 5.09. The van der Waals surface area contributed by atoms with Gasteiger partial charge in [-0.05, 0) is 43.3 Å². The molecule has 0 aromatic heterocycles. The Kier molecular flexibility index (Phi) is 6.95. The summed E-state index contributed by atoms with van der Waals surface area (Å²) in [5.74, 6) is -0.743. The van der Waals surface area contributed by atoms with Gasteiger partial charge in [0.25, 0.3) is 5.91 Å². The SMILES string of the molecule is CCOC(=O)c1ccc(N2CCN(C(C)=O)CC2)c(NC(=O)c2cccc(Cl)c2)c1. The van der Waals surface area contributed by atoms with Gasteiger partial charge >= 0.3 is 5.97 Å². The zero-order valence-corrected chi connectivity index (χ0v) is 17.7. The zero-order chi connectivity index (χ0) is 21.7. The molecule has 0 saturated carbocycles. The minimum Gasteiger partial charge on any atom is -0.462 e. The number of anilines is 2. The van der Waals surface area contributed by atoms with Gasteiger partial charge in [0.05, 0.1) is 23.5 Å². The van der Waals surface area contributed by atoms with Crippen LogP contribution in [0.4, 0.5) is 11.4 Å². The summed E-state index contributed by atoms with van der Waals surface area (Å²) in [6, 6.07) is 11.7. The highest BCUT2D eigenvalue weighted by Gasteiger charge is 2.22. The second kappa shape index (κ2) is 9.63. The van der Waals surface area contributed by atoms with Gasteiger partial charge in [-0.25, -0.2) is 4.79 Å². The van der Waals surface area contributed by atoms with E-state index in [1.54, 1.807) is 61.2 Å². The molecule has 158 valence electrons. The number of ether oxygens (including phenoxy) is 1. The lowest BCUT2D eigenvalue weighted by Crippen LogP contribution is -2.48. The van der Waals surface area contributed by atoms with Crippen molar-refractivity contribution in [1.82, 2.24) is 4.90 Å². The minimum absolute atomic E-state index is 0.0433. The maximum Gasteiger partial charge on any atom is 0.338 e. The van der Waals surface area contributed by atoms with E-state index in [0.717, 1.165) is 5.69 Å². The van der Waals surface area contributed by atoms with E-state index in [1.165, 1.54) is 0 Å². The van der Waals surface area contributed by atoms with Crippen LogP contribution in [0.5, 0.6) is 0 Å². The summed E-state index contributed by atoms with van der Waals surface area (Å²) in [6.45, 7) is 5.99. The first kappa shape index (κ1) is 21.6.